The van der Waals surface area contributed by atoms with Crippen molar-refractivity contribution in [1.29, 1.82) is 0 Å². The lowest BCUT2D eigenvalue weighted by Gasteiger charge is -2.21. The van der Waals surface area contributed by atoms with Crippen molar-refractivity contribution in [2.75, 3.05) is 25.5 Å². The largest absolute Gasteiger partial charge is 0.480 e. The van der Waals surface area contributed by atoms with Crippen LogP contribution in [0.3, 0.4) is 0 Å². The van der Waals surface area contributed by atoms with E-state index in [1.54, 1.807) is 37.2 Å². The molecule has 4 nitrogen and oxygen atoms in total. The van der Waals surface area contributed by atoms with Crippen LogP contribution in [0.25, 0.3) is 0 Å². The van der Waals surface area contributed by atoms with Gasteiger partial charge in [0.05, 0.1) is 5.69 Å². The standard InChI is InChI=1S/C12H17FN2O2/c1-14-10(12(16)17)7-8-15(2)11-6-4-3-5-9(11)13/h3-6,10,14H,7-8H2,1-2H3,(H,16,17). The number of carboxylic acids is 1. The first kappa shape index (κ1) is 13.4. The molecule has 0 radical (unpaired) electrons. The second-order valence-corrected chi connectivity index (χ2v) is 3.84. The smallest absolute Gasteiger partial charge is 0.320 e. The fraction of sp³-hybridized carbons (Fsp3) is 0.417. The zero-order chi connectivity index (χ0) is 12.8. The summed E-state index contributed by atoms with van der Waals surface area (Å²) in [5.41, 5.74) is 0.479. The van der Waals surface area contributed by atoms with Gasteiger partial charge in [-0.3, -0.25) is 4.79 Å². The van der Waals surface area contributed by atoms with Crippen molar-refractivity contribution in [3.8, 4) is 0 Å². The van der Waals surface area contributed by atoms with Gasteiger partial charge in [-0.15, -0.1) is 0 Å². The van der Waals surface area contributed by atoms with Gasteiger partial charge in [-0.25, -0.2) is 4.39 Å². The number of hydrogen-bond acceptors (Lipinski definition) is 3. The van der Waals surface area contributed by atoms with Crippen LogP contribution in [0.1, 0.15) is 6.42 Å². The van der Waals surface area contributed by atoms with Gasteiger partial charge in [0, 0.05) is 13.6 Å². The van der Waals surface area contributed by atoms with E-state index in [0.717, 1.165) is 0 Å². The topological polar surface area (TPSA) is 52.6 Å². The maximum absolute atomic E-state index is 13.4. The highest BCUT2D eigenvalue weighted by Gasteiger charge is 2.16. The van der Waals surface area contributed by atoms with E-state index in [1.165, 1.54) is 6.07 Å². The van der Waals surface area contributed by atoms with Crippen molar-refractivity contribution < 1.29 is 14.3 Å². The summed E-state index contributed by atoms with van der Waals surface area (Å²) < 4.78 is 13.4. The van der Waals surface area contributed by atoms with Crippen LogP contribution >= 0.6 is 0 Å². The highest BCUT2D eigenvalue weighted by molar-refractivity contribution is 5.73. The molecule has 0 amide bonds. The summed E-state index contributed by atoms with van der Waals surface area (Å²) in [6.45, 7) is 0.471. The zero-order valence-corrected chi connectivity index (χ0v) is 9.98. The summed E-state index contributed by atoms with van der Waals surface area (Å²) in [5, 5.41) is 11.6. The van der Waals surface area contributed by atoms with Crippen LogP contribution in [0.2, 0.25) is 0 Å². The summed E-state index contributed by atoms with van der Waals surface area (Å²) in [4.78, 5) is 12.5. The Kier molecular flexibility index (Phi) is 4.90. The second-order valence-electron chi connectivity index (χ2n) is 3.84. The first-order valence-electron chi connectivity index (χ1n) is 5.42. The summed E-state index contributed by atoms with van der Waals surface area (Å²) in [6.07, 6.45) is 0.413. The van der Waals surface area contributed by atoms with Crippen LogP contribution in [0.4, 0.5) is 10.1 Å². The van der Waals surface area contributed by atoms with Gasteiger partial charge in [-0.1, -0.05) is 12.1 Å². The van der Waals surface area contributed by atoms with Gasteiger partial charge >= 0.3 is 5.97 Å². The van der Waals surface area contributed by atoms with E-state index in [9.17, 15) is 9.18 Å². The minimum Gasteiger partial charge on any atom is -0.480 e. The Bertz CT molecular complexity index is 385. The molecule has 5 heteroatoms. The van der Waals surface area contributed by atoms with Gasteiger partial charge in [0.2, 0.25) is 0 Å². The number of hydrogen-bond donors (Lipinski definition) is 2. The molecule has 0 aromatic heterocycles. The van der Waals surface area contributed by atoms with Gasteiger partial charge in [0.15, 0.2) is 0 Å². The summed E-state index contributed by atoms with van der Waals surface area (Å²) in [6, 6.07) is 5.83. The lowest BCUT2D eigenvalue weighted by atomic mass is 10.2. The number of carbonyl (C=O) groups is 1. The molecule has 1 atom stereocenters. The van der Waals surface area contributed by atoms with Crippen molar-refractivity contribution in [2.45, 2.75) is 12.5 Å². The van der Waals surface area contributed by atoms with Crippen LogP contribution < -0.4 is 10.2 Å². The molecule has 0 spiro atoms. The molecule has 0 aliphatic rings. The third kappa shape index (κ3) is 3.71. The molecule has 1 aromatic carbocycles. The number of rotatable bonds is 6. The number of halogens is 1. The Balaban J connectivity index is 2.58. The first-order chi connectivity index (χ1) is 8.06. The van der Waals surface area contributed by atoms with Crippen LogP contribution in [-0.2, 0) is 4.79 Å². The molecular weight excluding hydrogens is 223 g/mol. The van der Waals surface area contributed by atoms with E-state index in [1.807, 2.05) is 0 Å². The van der Waals surface area contributed by atoms with Crippen LogP contribution in [0, 0.1) is 5.82 Å². The number of aliphatic carboxylic acids is 1. The number of nitrogens with zero attached hydrogens (tertiary/aromatic N) is 1. The molecule has 94 valence electrons. The molecule has 17 heavy (non-hydrogen) atoms. The highest BCUT2D eigenvalue weighted by Crippen LogP contribution is 2.17. The molecule has 1 aromatic rings. The number of anilines is 1. The summed E-state index contributed by atoms with van der Waals surface area (Å²) in [5.74, 6) is -1.19. The lowest BCUT2D eigenvalue weighted by molar-refractivity contribution is -0.139. The van der Waals surface area contributed by atoms with Gasteiger partial charge in [-0.05, 0) is 25.6 Å². The molecule has 0 aliphatic heterocycles. The average molecular weight is 240 g/mol. The van der Waals surface area contributed by atoms with Crippen molar-refractivity contribution in [1.82, 2.24) is 5.32 Å². The Morgan fingerprint density at radius 2 is 2.18 bits per heavy atom. The third-order valence-electron chi connectivity index (χ3n) is 2.66. The Labute approximate surface area is 100 Å². The van der Waals surface area contributed by atoms with Crippen molar-refractivity contribution in [3.05, 3.63) is 30.1 Å². The van der Waals surface area contributed by atoms with Crippen LogP contribution in [-0.4, -0.2) is 37.8 Å². The van der Waals surface area contributed by atoms with Gasteiger partial charge in [0.25, 0.3) is 0 Å². The number of para-hydroxylation sites is 1. The summed E-state index contributed by atoms with van der Waals surface area (Å²) in [7, 11) is 3.34. The molecule has 1 rings (SSSR count). The van der Waals surface area contributed by atoms with E-state index in [0.29, 0.717) is 18.7 Å². The quantitative estimate of drug-likeness (QED) is 0.787. The van der Waals surface area contributed by atoms with Crippen LogP contribution in [0.5, 0.6) is 0 Å². The Hall–Kier alpha value is -1.62. The summed E-state index contributed by atoms with van der Waals surface area (Å²) >= 11 is 0. The molecule has 2 N–H and O–H groups in total. The molecule has 0 fully saturated rings. The van der Waals surface area contributed by atoms with Crippen molar-refractivity contribution >= 4 is 11.7 Å². The number of nitrogens with one attached hydrogen (secondary N) is 1. The number of benzene rings is 1. The molecule has 0 aliphatic carbocycles. The predicted octanol–water partition coefficient (Wildman–Crippen LogP) is 1.32. The molecule has 0 bridgehead atoms. The van der Waals surface area contributed by atoms with Gasteiger partial charge in [0.1, 0.15) is 11.9 Å². The maximum Gasteiger partial charge on any atom is 0.320 e. The molecule has 1 unspecified atom stereocenters. The first-order valence-corrected chi connectivity index (χ1v) is 5.42. The Morgan fingerprint density at radius 1 is 1.53 bits per heavy atom. The third-order valence-corrected chi connectivity index (χ3v) is 2.66. The van der Waals surface area contributed by atoms with E-state index in [2.05, 4.69) is 5.32 Å². The van der Waals surface area contributed by atoms with E-state index >= 15 is 0 Å². The molecule has 0 heterocycles. The highest BCUT2D eigenvalue weighted by atomic mass is 19.1. The van der Waals surface area contributed by atoms with Crippen molar-refractivity contribution in [2.24, 2.45) is 0 Å². The molecular formula is C12H17FN2O2. The SMILES string of the molecule is CNC(CCN(C)c1ccccc1F)C(=O)O. The number of carboxylic acid groups (broad SMARTS) is 1. The minimum absolute atomic E-state index is 0.300. The van der Waals surface area contributed by atoms with Crippen molar-refractivity contribution in [3.63, 3.8) is 0 Å². The van der Waals surface area contributed by atoms with E-state index in [-0.39, 0.29) is 5.82 Å². The average Bonchev–Trinajstić information content (AvgIpc) is 2.29. The minimum atomic E-state index is -0.894. The molecule has 0 saturated heterocycles. The monoisotopic (exact) mass is 240 g/mol. The van der Waals surface area contributed by atoms with Gasteiger partial charge < -0.3 is 15.3 Å². The lowest BCUT2D eigenvalue weighted by Crippen LogP contribution is -2.37. The second kappa shape index (κ2) is 6.20. The maximum atomic E-state index is 13.4. The number of likely N-dealkylation sites (N-methyl/N-ethyl adjacent to an activating group) is 1. The normalized spacial score (nSPS) is 12.2. The van der Waals surface area contributed by atoms with Gasteiger partial charge in [-0.2, -0.15) is 0 Å². The van der Waals surface area contributed by atoms with E-state index in [4.69, 9.17) is 5.11 Å². The fourth-order valence-electron chi connectivity index (χ4n) is 1.60. The predicted molar refractivity (Wildman–Crippen MR) is 64.8 cm³/mol. The molecule has 0 saturated carbocycles. The zero-order valence-electron chi connectivity index (χ0n) is 9.98. The van der Waals surface area contributed by atoms with Crippen LogP contribution in [0.15, 0.2) is 24.3 Å². The van der Waals surface area contributed by atoms with E-state index < -0.39 is 12.0 Å². The Morgan fingerprint density at radius 3 is 2.71 bits per heavy atom. The fourth-order valence-corrected chi connectivity index (χ4v) is 1.60.